The van der Waals surface area contributed by atoms with Crippen molar-refractivity contribution in [3.63, 3.8) is 0 Å². The molecule has 0 aromatic heterocycles. The fraction of sp³-hybridized carbons (Fsp3) is 0.435. The standard InChI is InChI=1S/C23H26Cl2FNO3/c1-29-18-5-7-19(8-6-18)30-15-3-2-10-23(26)11-13-27(14-12-23)22(28)17-4-9-20(24)21(25)16-17/h4-9,16H,2-3,10-15H2,1H3. The number of amides is 1. The van der Waals surface area contributed by atoms with Crippen molar-refractivity contribution in [1.82, 2.24) is 4.90 Å². The molecule has 0 bridgehead atoms. The molecule has 0 saturated carbocycles. The second kappa shape index (κ2) is 10.4. The zero-order valence-electron chi connectivity index (χ0n) is 17.0. The summed E-state index contributed by atoms with van der Waals surface area (Å²) in [6.45, 7) is 1.35. The molecule has 1 fully saturated rings. The molecule has 4 nitrogen and oxygen atoms in total. The molecule has 1 amide bonds. The Labute approximate surface area is 186 Å². The smallest absolute Gasteiger partial charge is 0.253 e. The monoisotopic (exact) mass is 453 g/mol. The fourth-order valence-electron chi connectivity index (χ4n) is 3.58. The Kier molecular flexibility index (Phi) is 7.84. The Morgan fingerprint density at radius 1 is 1.03 bits per heavy atom. The summed E-state index contributed by atoms with van der Waals surface area (Å²) in [5, 5.41) is 0.752. The van der Waals surface area contributed by atoms with Gasteiger partial charge in [0.2, 0.25) is 0 Å². The normalized spacial score (nSPS) is 15.7. The summed E-state index contributed by atoms with van der Waals surface area (Å²) in [4.78, 5) is 14.3. The quantitative estimate of drug-likeness (QED) is 0.446. The van der Waals surface area contributed by atoms with Crippen LogP contribution in [0, 0.1) is 0 Å². The van der Waals surface area contributed by atoms with Gasteiger partial charge in [-0.15, -0.1) is 0 Å². The molecule has 1 aliphatic heterocycles. The molecule has 7 heteroatoms. The first kappa shape index (κ1) is 22.7. The van der Waals surface area contributed by atoms with Gasteiger partial charge in [0.05, 0.1) is 23.8 Å². The van der Waals surface area contributed by atoms with Crippen LogP contribution in [0.15, 0.2) is 42.5 Å². The lowest BCUT2D eigenvalue weighted by molar-refractivity contribution is 0.0382. The lowest BCUT2D eigenvalue weighted by Gasteiger charge is -2.36. The number of methoxy groups -OCH3 is 1. The van der Waals surface area contributed by atoms with Crippen LogP contribution in [-0.4, -0.2) is 43.3 Å². The summed E-state index contributed by atoms with van der Waals surface area (Å²) in [5.41, 5.74) is -0.749. The van der Waals surface area contributed by atoms with Crippen LogP contribution in [0.1, 0.15) is 42.5 Å². The van der Waals surface area contributed by atoms with E-state index in [1.165, 1.54) is 0 Å². The zero-order valence-corrected chi connectivity index (χ0v) is 18.5. The van der Waals surface area contributed by atoms with E-state index >= 15 is 4.39 Å². The highest BCUT2D eigenvalue weighted by Crippen LogP contribution is 2.33. The minimum absolute atomic E-state index is 0.136. The molecule has 1 heterocycles. The summed E-state index contributed by atoms with van der Waals surface area (Å²) in [6, 6.07) is 12.2. The number of ether oxygens (including phenoxy) is 2. The van der Waals surface area contributed by atoms with Crippen LogP contribution in [0.3, 0.4) is 0 Å². The highest BCUT2D eigenvalue weighted by molar-refractivity contribution is 6.42. The first-order chi connectivity index (χ1) is 14.4. The molecular weight excluding hydrogens is 428 g/mol. The number of carbonyl (C=O) groups is 1. The van der Waals surface area contributed by atoms with Gasteiger partial charge in [-0.25, -0.2) is 4.39 Å². The third kappa shape index (κ3) is 6.02. The number of benzene rings is 2. The van der Waals surface area contributed by atoms with E-state index in [-0.39, 0.29) is 5.91 Å². The Balaban J connectivity index is 1.38. The molecule has 2 aromatic carbocycles. The molecule has 0 radical (unpaired) electrons. The minimum Gasteiger partial charge on any atom is -0.497 e. The van der Waals surface area contributed by atoms with E-state index in [4.69, 9.17) is 32.7 Å². The number of nitrogens with zero attached hydrogens (tertiary/aromatic N) is 1. The number of alkyl halides is 1. The van der Waals surface area contributed by atoms with Crippen molar-refractivity contribution >= 4 is 29.1 Å². The van der Waals surface area contributed by atoms with E-state index < -0.39 is 5.67 Å². The Hall–Kier alpha value is -1.98. The second-order valence-corrected chi connectivity index (χ2v) is 8.37. The van der Waals surface area contributed by atoms with Crippen molar-refractivity contribution in [2.24, 2.45) is 0 Å². The number of hydrogen-bond donors (Lipinski definition) is 0. The third-order valence-electron chi connectivity index (χ3n) is 5.46. The fourth-order valence-corrected chi connectivity index (χ4v) is 3.88. The molecule has 30 heavy (non-hydrogen) atoms. The summed E-state index contributed by atoms with van der Waals surface area (Å²) in [7, 11) is 1.62. The highest BCUT2D eigenvalue weighted by Gasteiger charge is 2.35. The molecule has 2 aromatic rings. The SMILES string of the molecule is COc1ccc(OCCCCC2(F)CCN(C(=O)c3ccc(Cl)c(Cl)c3)CC2)cc1. The number of hydrogen-bond acceptors (Lipinski definition) is 3. The number of likely N-dealkylation sites (tertiary alicyclic amines) is 1. The van der Waals surface area contributed by atoms with Gasteiger partial charge in [-0.1, -0.05) is 23.2 Å². The van der Waals surface area contributed by atoms with Gasteiger partial charge in [0, 0.05) is 18.7 Å². The van der Waals surface area contributed by atoms with Crippen molar-refractivity contribution in [1.29, 1.82) is 0 Å². The van der Waals surface area contributed by atoms with Crippen LogP contribution in [0.4, 0.5) is 4.39 Å². The lowest BCUT2D eigenvalue weighted by Crippen LogP contribution is -2.44. The largest absolute Gasteiger partial charge is 0.497 e. The van der Waals surface area contributed by atoms with Gasteiger partial charge in [0.1, 0.15) is 17.2 Å². The van der Waals surface area contributed by atoms with Gasteiger partial charge in [0.15, 0.2) is 0 Å². The average Bonchev–Trinajstić information content (AvgIpc) is 2.76. The van der Waals surface area contributed by atoms with E-state index in [0.717, 1.165) is 24.3 Å². The molecule has 0 aliphatic carbocycles. The number of rotatable bonds is 8. The molecular formula is C23H26Cl2FNO3. The molecule has 0 atom stereocenters. The van der Waals surface area contributed by atoms with Crippen molar-refractivity contribution in [3.05, 3.63) is 58.1 Å². The third-order valence-corrected chi connectivity index (χ3v) is 6.20. The van der Waals surface area contributed by atoms with Gasteiger partial charge in [-0.05, 0) is 74.6 Å². The van der Waals surface area contributed by atoms with Gasteiger partial charge < -0.3 is 14.4 Å². The average molecular weight is 454 g/mol. The molecule has 1 aliphatic rings. The van der Waals surface area contributed by atoms with Crippen LogP contribution in [-0.2, 0) is 0 Å². The summed E-state index contributed by atoms with van der Waals surface area (Å²) in [6.07, 6.45) is 2.70. The lowest BCUT2D eigenvalue weighted by atomic mass is 9.88. The van der Waals surface area contributed by atoms with E-state index in [2.05, 4.69) is 0 Å². The van der Waals surface area contributed by atoms with Gasteiger partial charge in [-0.2, -0.15) is 0 Å². The molecule has 162 valence electrons. The highest BCUT2D eigenvalue weighted by atomic mass is 35.5. The van der Waals surface area contributed by atoms with Gasteiger partial charge in [0.25, 0.3) is 5.91 Å². The number of carbonyl (C=O) groups excluding carboxylic acids is 1. The molecule has 0 N–H and O–H groups in total. The number of unbranched alkanes of at least 4 members (excludes halogenated alkanes) is 1. The van der Waals surface area contributed by atoms with E-state index in [9.17, 15) is 4.79 Å². The topological polar surface area (TPSA) is 38.8 Å². The maximum absolute atomic E-state index is 15.1. The first-order valence-electron chi connectivity index (χ1n) is 10.1. The van der Waals surface area contributed by atoms with Crippen LogP contribution in [0.5, 0.6) is 11.5 Å². The Morgan fingerprint density at radius 3 is 2.33 bits per heavy atom. The molecule has 0 unspecified atom stereocenters. The van der Waals surface area contributed by atoms with Gasteiger partial charge >= 0.3 is 0 Å². The maximum Gasteiger partial charge on any atom is 0.253 e. The predicted octanol–water partition coefficient (Wildman–Crippen LogP) is 6.20. The number of piperidine rings is 1. The van der Waals surface area contributed by atoms with Crippen molar-refractivity contribution in [2.45, 2.75) is 37.8 Å². The van der Waals surface area contributed by atoms with Crippen molar-refractivity contribution < 1.29 is 18.7 Å². The van der Waals surface area contributed by atoms with Crippen LogP contribution in [0.25, 0.3) is 0 Å². The Bertz CT molecular complexity index is 852. The van der Waals surface area contributed by atoms with E-state index in [1.807, 2.05) is 24.3 Å². The van der Waals surface area contributed by atoms with E-state index in [0.29, 0.717) is 54.6 Å². The minimum atomic E-state index is -1.23. The summed E-state index contributed by atoms with van der Waals surface area (Å²) >= 11 is 11.9. The molecule has 3 rings (SSSR count). The molecule has 1 saturated heterocycles. The van der Waals surface area contributed by atoms with Crippen LogP contribution >= 0.6 is 23.2 Å². The summed E-state index contributed by atoms with van der Waals surface area (Å²) < 4.78 is 25.9. The van der Waals surface area contributed by atoms with Crippen molar-refractivity contribution in [2.75, 3.05) is 26.8 Å². The van der Waals surface area contributed by atoms with Crippen molar-refractivity contribution in [3.8, 4) is 11.5 Å². The van der Waals surface area contributed by atoms with Crippen LogP contribution in [0.2, 0.25) is 10.0 Å². The maximum atomic E-state index is 15.1. The first-order valence-corrected chi connectivity index (χ1v) is 10.9. The van der Waals surface area contributed by atoms with E-state index in [1.54, 1.807) is 30.2 Å². The zero-order chi connectivity index (χ0) is 21.6. The number of halogens is 3. The second-order valence-electron chi connectivity index (χ2n) is 7.55. The Morgan fingerprint density at radius 2 is 1.70 bits per heavy atom. The molecule has 0 spiro atoms. The van der Waals surface area contributed by atoms with Crippen LogP contribution < -0.4 is 9.47 Å². The summed E-state index contributed by atoms with van der Waals surface area (Å²) in [5.74, 6) is 1.43. The predicted molar refractivity (Wildman–Crippen MR) is 118 cm³/mol. The van der Waals surface area contributed by atoms with Gasteiger partial charge in [-0.3, -0.25) is 4.79 Å².